The van der Waals surface area contributed by atoms with Crippen molar-refractivity contribution in [3.8, 4) is 0 Å². The molecule has 2 rings (SSSR count). The number of benzene rings is 1. The Morgan fingerprint density at radius 2 is 2.32 bits per heavy atom. The molecule has 2 unspecified atom stereocenters. The van der Waals surface area contributed by atoms with E-state index in [-0.39, 0.29) is 18.1 Å². The van der Waals surface area contributed by atoms with Gasteiger partial charge in [0.2, 0.25) is 0 Å². The third-order valence-electron chi connectivity index (χ3n) is 3.39. The van der Waals surface area contributed by atoms with Gasteiger partial charge in [-0.15, -0.1) is 0 Å². The van der Waals surface area contributed by atoms with E-state index in [1.165, 1.54) is 0 Å². The molecule has 1 fully saturated rings. The Bertz CT molecular complexity index is 477. The number of nitrogens with zero attached hydrogens (tertiary/aromatic N) is 1. The summed E-state index contributed by atoms with van der Waals surface area (Å²) >= 11 is 6.20. The van der Waals surface area contributed by atoms with Crippen molar-refractivity contribution >= 4 is 17.5 Å². The molecule has 0 bridgehead atoms. The Kier molecular flexibility index (Phi) is 4.45. The van der Waals surface area contributed by atoms with Crippen LogP contribution in [0.25, 0.3) is 0 Å². The van der Waals surface area contributed by atoms with Crippen molar-refractivity contribution in [3.05, 3.63) is 34.3 Å². The molecule has 0 spiro atoms. The third kappa shape index (κ3) is 3.08. The van der Waals surface area contributed by atoms with E-state index in [9.17, 15) is 4.79 Å². The Morgan fingerprint density at radius 1 is 1.58 bits per heavy atom. The maximum atomic E-state index is 12.5. The summed E-state index contributed by atoms with van der Waals surface area (Å²) < 4.78 is 5.56. The van der Waals surface area contributed by atoms with Crippen molar-refractivity contribution in [3.63, 3.8) is 0 Å². The zero-order valence-electron chi connectivity index (χ0n) is 11.2. The standard InChI is InChI=1S/C14H19ClN2O2/c1-9-4-3-5-11(13(9)15)14(18)17-6-7-19-12(8-17)10(2)16/h3-5,10,12H,6-8,16H2,1-2H3. The highest BCUT2D eigenvalue weighted by molar-refractivity contribution is 6.34. The summed E-state index contributed by atoms with van der Waals surface area (Å²) in [7, 11) is 0. The highest BCUT2D eigenvalue weighted by Crippen LogP contribution is 2.22. The van der Waals surface area contributed by atoms with E-state index < -0.39 is 0 Å². The van der Waals surface area contributed by atoms with E-state index in [0.29, 0.717) is 30.3 Å². The van der Waals surface area contributed by atoms with Gasteiger partial charge in [0.15, 0.2) is 0 Å². The van der Waals surface area contributed by atoms with Crippen LogP contribution < -0.4 is 5.73 Å². The molecule has 2 atom stereocenters. The Labute approximate surface area is 118 Å². The van der Waals surface area contributed by atoms with Gasteiger partial charge in [0, 0.05) is 19.1 Å². The molecule has 1 aromatic rings. The molecule has 19 heavy (non-hydrogen) atoms. The van der Waals surface area contributed by atoms with Crippen LogP contribution in [0.1, 0.15) is 22.8 Å². The first-order chi connectivity index (χ1) is 9.00. The minimum atomic E-state index is -0.110. The molecule has 1 aliphatic rings. The largest absolute Gasteiger partial charge is 0.373 e. The predicted molar refractivity (Wildman–Crippen MR) is 75.5 cm³/mol. The summed E-state index contributed by atoms with van der Waals surface area (Å²) in [5.41, 5.74) is 7.29. The first kappa shape index (κ1) is 14.3. The number of carbonyl (C=O) groups is 1. The number of aryl methyl sites for hydroxylation is 1. The zero-order chi connectivity index (χ0) is 14.0. The van der Waals surface area contributed by atoms with Gasteiger partial charge in [-0.1, -0.05) is 23.7 Å². The van der Waals surface area contributed by atoms with Crippen LogP contribution in [0, 0.1) is 6.92 Å². The predicted octanol–water partition coefficient (Wildman–Crippen LogP) is 1.84. The molecular formula is C14H19ClN2O2. The number of halogens is 1. The maximum Gasteiger partial charge on any atom is 0.255 e. The highest BCUT2D eigenvalue weighted by Gasteiger charge is 2.28. The quantitative estimate of drug-likeness (QED) is 0.900. The van der Waals surface area contributed by atoms with Crippen LogP contribution in [0.3, 0.4) is 0 Å². The van der Waals surface area contributed by atoms with E-state index in [0.717, 1.165) is 5.56 Å². The summed E-state index contributed by atoms with van der Waals surface area (Å²) in [5.74, 6) is -0.0531. The summed E-state index contributed by atoms with van der Waals surface area (Å²) in [6, 6.07) is 5.40. The second-order valence-electron chi connectivity index (χ2n) is 4.96. The molecule has 5 heteroatoms. The summed E-state index contributed by atoms with van der Waals surface area (Å²) in [6.07, 6.45) is -0.110. The van der Waals surface area contributed by atoms with Crippen molar-refractivity contribution in [1.29, 1.82) is 0 Å². The van der Waals surface area contributed by atoms with E-state index in [4.69, 9.17) is 22.1 Å². The maximum absolute atomic E-state index is 12.5. The number of amides is 1. The van der Waals surface area contributed by atoms with Gasteiger partial charge in [0.05, 0.1) is 23.3 Å². The Morgan fingerprint density at radius 3 is 3.00 bits per heavy atom. The van der Waals surface area contributed by atoms with Crippen molar-refractivity contribution < 1.29 is 9.53 Å². The third-order valence-corrected chi connectivity index (χ3v) is 3.89. The Hall–Kier alpha value is -1.10. The zero-order valence-corrected chi connectivity index (χ0v) is 12.0. The second-order valence-corrected chi connectivity index (χ2v) is 5.33. The van der Waals surface area contributed by atoms with E-state index in [1.54, 1.807) is 11.0 Å². The van der Waals surface area contributed by atoms with Crippen LogP contribution in [0.4, 0.5) is 0 Å². The molecule has 0 radical (unpaired) electrons. The second kappa shape index (κ2) is 5.90. The lowest BCUT2D eigenvalue weighted by Gasteiger charge is -2.35. The van der Waals surface area contributed by atoms with Gasteiger partial charge in [-0.05, 0) is 25.5 Å². The molecule has 0 saturated carbocycles. The number of rotatable bonds is 2. The molecule has 0 aromatic heterocycles. The fourth-order valence-corrected chi connectivity index (χ4v) is 2.37. The topological polar surface area (TPSA) is 55.6 Å². The number of hydrogen-bond donors (Lipinski definition) is 1. The van der Waals surface area contributed by atoms with Gasteiger partial charge >= 0.3 is 0 Å². The number of carbonyl (C=O) groups excluding carboxylic acids is 1. The van der Waals surface area contributed by atoms with Gasteiger partial charge in [0.1, 0.15) is 0 Å². The molecule has 1 amide bonds. The van der Waals surface area contributed by atoms with Crippen molar-refractivity contribution in [1.82, 2.24) is 4.90 Å². The number of morpholine rings is 1. The van der Waals surface area contributed by atoms with Crippen LogP contribution in [-0.4, -0.2) is 42.6 Å². The van der Waals surface area contributed by atoms with Crippen molar-refractivity contribution in [2.45, 2.75) is 26.0 Å². The highest BCUT2D eigenvalue weighted by atomic mass is 35.5. The lowest BCUT2D eigenvalue weighted by Crippen LogP contribution is -2.51. The minimum Gasteiger partial charge on any atom is -0.373 e. The van der Waals surface area contributed by atoms with E-state index in [1.807, 2.05) is 26.0 Å². The SMILES string of the molecule is Cc1cccc(C(=O)N2CCOC(C(C)N)C2)c1Cl. The van der Waals surface area contributed by atoms with Crippen molar-refractivity contribution in [2.24, 2.45) is 5.73 Å². The molecule has 1 saturated heterocycles. The minimum absolute atomic E-state index is 0.0531. The molecule has 2 N–H and O–H groups in total. The monoisotopic (exact) mass is 282 g/mol. The van der Waals surface area contributed by atoms with Gasteiger partial charge < -0.3 is 15.4 Å². The lowest BCUT2D eigenvalue weighted by molar-refractivity contribution is -0.0300. The average molecular weight is 283 g/mol. The van der Waals surface area contributed by atoms with Crippen molar-refractivity contribution in [2.75, 3.05) is 19.7 Å². The number of hydrogen-bond acceptors (Lipinski definition) is 3. The van der Waals surface area contributed by atoms with Gasteiger partial charge in [-0.2, -0.15) is 0 Å². The van der Waals surface area contributed by atoms with Gasteiger partial charge in [-0.25, -0.2) is 0 Å². The van der Waals surface area contributed by atoms with E-state index in [2.05, 4.69) is 0 Å². The van der Waals surface area contributed by atoms with Crippen LogP contribution in [0.5, 0.6) is 0 Å². The molecular weight excluding hydrogens is 264 g/mol. The molecule has 104 valence electrons. The fourth-order valence-electron chi connectivity index (χ4n) is 2.16. The number of nitrogens with two attached hydrogens (primary N) is 1. The molecule has 1 heterocycles. The van der Waals surface area contributed by atoms with Crippen LogP contribution in [0.2, 0.25) is 5.02 Å². The first-order valence-electron chi connectivity index (χ1n) is 6.42. The fraction of sp³-hybridized carbons (Fsp3) is 0.500. The molecule has 0 aliphatic carbocycles. The summed E-state index contributed by atoms with van der Waals surface area (Å²) in [5, 5.41) is 0.524. The van der Waals surface area contributed by atoms with Crippen LogP contribution in [0.15, 0.2) is 18.2 Å². The molecule has 1 aromatic carbocycles. The van der Waals surface area contributed by atoms with Crippen LogP contribution in [-0.2, 0) is 4.74 Å². The lowest BCUT2D eigenvalue weighted by atomic mass is 10.1. The summed E-state index contributed by atoms with van der Waals surface area (Å²) in [4.78, 5) is 14.2. The van der Waals surface area contributed by atoms with Gasteiger partial charge in [0.25, 0.3) is 5.91 Å². The molecule has 4 nitrogen and oxygen atoms in total. The first-order valence-corrected chi connectivity index (χ1v) is 6.80. The molecule has 1 aliphatic heterocycles. The number of ether oxygens (including phenoxy) is 1. The van der Waals surface area contributed by atoms with E-state index >= 15 is 0 Å². The average Bonchev–Trinajstić information content (AvgIpc) is 2.41. The van der Waals surface area contributed by atoms with Crippen LogP contribution >= 0.6 is 11.6 Å². The normalized spacial score (nSPS) is 21.3. The van der Waals surface area contributed by atoms with Gasteiger partial charge in [-0.3, -0.25) is 4.79 Å². The summed E-state index contributed by atoms with van der Waals surface area (Å²) in [6.45, 7) is 5.38. The Balaban J connectivity index is 2.17. The smallest absolute Gasteiger partial charge is 0.255 e.